The molecular formula is C25H27F3N4O. The summed E-state index contributed by atoms with van der Waals surface area (Å²) in [6.07, 6.45) is -4.18. The average Bonchev–Trinajstić information content (AvgIpc) is 2.80. The van der Waals surface area contributed by atoms with Crippen molar-refractivity contribution in [3.05, 3.63) is 59.2 Å². The summed E-state index contributed by atoms with van der Waals surface area (Å²) in [6.45, 7) is 6.18. The summed E-state index contributed by atoms with van der Waals surface area (Å²) in [5.74, 6) is -0.364. The first-order valence-electron chi connectivity index (χ1n) is 11.2. The number of nitrogens with zero attached hydrogens (tertiary/aromatic N) is 3. The van der Waals surface area contributed by atoms with E-state index < -0.39 is 17.7 Å². The molecule has 4 rings (SSSR count). The van der Waals surface area contributed by atoms with E-state index in [-0.39, 0.29) is 24.3 Å². The second kappa shape index (κ2) is 8.97. The second-order valence-electron chi connectivity index (χ2n) is 9.13. The average molecular weight is 457 g/mol. The van der Waals surface area contributed by atoms with Gasteiger partial charge in [-0.1, -0.05) is 26.0 Å². The summed E-state index contributed by atoms with van der Waals surface area (Å²) >= 11 is 0. The van der Waals surface area contributed by atoms with Gasteiger partial charge in [-0.25, -0.2) is 0 Å². The molecule has 2 heterocycles. The van der Waals surface area contributed by atoms with Crippen LogP contribution >= 0.6 is 0 Å². The first-order chi connectivity index (χ1) is 15.7. The highest BCUT2D eigenvalue weighted by Crippen LogP contribution is 2.40. The van der Waals surface area contributed by atoms with E-state index in [4.69, 9.17) is 0 Å². The number of rotatable bonds is 4. The van der Waals surface area contributed by atoms with E-state index in [0.29, 0.717) is 37.3 Å². The number of fused-ring (bicyclic) bond motifs is 3. The van der Waals surface area contributed by atoms with Gasteiger partial charge in [0, 0.05) is 31.9 Å². The Bertz CT molecular complexity index is 1080. The zero-order chi connectivity index (χ0) is 23.8. The quantitative estimate of drug-likeness (QED) is 0.749. The van der Waals surface area contributed by atoms with Gasteiger partial charge in [0.1, 0.15) is 6.07 Å². The van der Waals surface area contributed by atoms with Crippen molar-refractivity contribution in [2.75, 3.05) is 36.0 Å². The minimum absolute atomic E-state index is 0.141. The highest BCUT2D eigenvalue weighted by atomic mass is 19.4. The van der Waals surface area contributed by atoms with E-state index in [1.165, 1.54) is 12.1 Å². The van der Waals surface area contributed by atoms with Crippen molar-refractivity contribution >= 4 is 17.3 Å². The Morgan fingerprint density at radius 3 is 2.64 bits per heavy atom. The van der Waals surface area contributed by atoms with E-state index in [0.717, 1.165) is 17.4 Å². The Hall–Kier alpha value is -3.21. The molecule has 0 aromatic heterocycles. The molecule has 1 N–H and O–H groups in total. The number of alkyl halides is 3. The number of nitriles is 1. The van der Waals surface area contributed by atoms with Crippen LogP contribution in [0.3, 0.4) is 0 Å². The number of para-hydroxylation sites is 1. The fourth-order valence-corrected chi connectivity index (χ4v) is 4.80. The van der Waals surface area contributed by atoms with E-state index in [9.17, 15) is 23.2 Å². The molecule has 2 atom stereocenters. The molecule has 0 aliphatic carbocycles. The van der Waals surface area contributed by atoms with E-state index >= 15 is 0 Å². The molecule has 1 amide bonds. The second-order valence-corrected chi connectivity index (χ2v) is 9.13. The minimum Gasteiger partial charge on any atom is -0.367 e. The molecule has 174 valence electrons. The predicted octanol–water partition coefficient (Wildman–Crippen LogP) is 4.22. The number of amides is 1. The standard InChI is InChI=1S/C25H27F3N4O/c1-16(2)14-30-24(33)20-12-18-11-19(25(26,27)28)7-8-22(18)32-10-9-31(15-23(20)32)21-6-4-3-5-17(21)13-29/h3-8,11,16,20,23H,9-10,12,14-15H2,1-2H3,(H,30,33)/t20-,23+/m1/s1. The molecule has 8 heteroatoms. The minimum atomic E-state index is -4.43. The van der Waals surface area contributed by atoms with Crippen molar-refractivity contribution in [3.8, 4) is 6.07 Å². The maximum absolute atomic E-state index is 13.3. The largest absolute Gasteiger partial charge is 0.416 e. The Kier molecular flexibility index (Phi) is 6.24. The van der Waals surface area contributed by atoms with Crippen LogP contribution in [0, 0.1) is 23.2 Å². The molecule has 0 bridgehead atoms. The number of nitrogens with one attached hydrogen (secondary N) is 1. The summed E-state index contributed by atoms with van der Waals surface area (Å²) in [6, 6.07) is 13.2. The van der Waals surface area contributed by atoms with Gasteiger partial charge in [-0.05, 0) is 48.2 Å². The van der Waals surface area contributed by atoms with Crippen molar-refractivity contribution < 1.29 is 18.0 Å². The van der Waals surface area contributed by atoms with Crippen LogP contribution in [0.15, 0.2) is 42.5 Å². The topological polar surface area (TPSA) is 59.4 Å². The van der Waals surface area contributed by atoms with Crippen LogP contribution in [0.1, 0.15) is 30.5 Å². The van der Waals surface area contributed by atoms with Gasteiger partial charge in [0.25, 0.3) is 0 Å². The van der Waals surface area contributed by atoms with E-state index in [1.807, 2.05) is 32.0 Å². The fourth-order valence-electron chi connectivity index (χ4n) is 4.80. The van der Waals surface area contributed by atoms with Gasteiger partial charge in [0.2, 0.25) is 5.91 Å². The molecule has 0 spiro atoms. The van der Waals surface area contributed by atoms with Crippen LogP contribution < -0.4 is 15.1 Å². The van der Waals surface area contributed by atoms with Crippen LogP contribution in [0.5, 0.6) is 0 Å². The third kappa shape index (κ3) is 4.63. The van der Waals surface area contributed by atoms with Crippen molar-refractivity contribution in [2.24, 2.45) is 11.8 Å². The molecule has 1 saturated heterocycles. The third-order valence-corrected chi connectivity index (χ3v) is 6.43. The molecule has 0 saturated carbocycles. The lowest BCUT2D eigenvalue weighted by Gasteiger charge is -2.50. The zero-order valence-corrected chi connectivity index (χ0v) is 18.7. The van der Waals surface area contributed by atoms with Crippen molar-refractivity contribution in [2.45, 2.75) is 32.5 Å². The summed E-state index contributed by atoms with van der Waals surface area (Å²) in [5, 5.41) is 12.5. The van der Waals surface area contributed by atoms with Gasteiger partial charge >= 0.3 is 6.18 Å². The Morgan fingerprint density at radius 1 is 1.18 bits per heavy atom. The highest BCUT2D eigenvalue weighted by molar-refractivity contribution is 5.82. The van der Waals surface area contributed by atoms with Crippen LogP contribution in [-0.2, 0) is 17.4 Å². The van der Waals surface area contributed by atoms with Gasteiger partial charge in [-0.2, -0.15) is 18.4 Å². The number of hydrogen-bond acceptors (Lipinski definition) is 4. The molecule has 2 aromatic carbocycles. The number of piperazine rings is 1. The molecule has 2 aromatic rings. The fraction of sp³-hybridized carbons (Fsp3) is 0.440. The van der Waals surface area contributed by atoms with Crippen LogP contribution in [-0.4, -0.2) is 38.1 Å². The first-order valence-corrected chi connectivity index (χ1v) is 11.2. The number of anilines is 2. The van der Waals surface area contributed by atoms with Crippen molar-refractivity contribution in [1.82, 2.24) is 5.32 Å². The lowest BCUT2D eigenvalue weighted by molar-refractivity contribution is -0.137. The normalized spacial score (nSPS) is 20.2. The molecule has 2 aliphatic heterocycles. The van der Waals surface area contributed by atoms with Gasteiger partial charge in [0.05, 0.1) is 28.8 Å². The molecule has 5 nitrogen and oxygen atoms in total. The SMILES string of the molecule is CC(C)CNC(=O)[C@@H]1Cc2cc(C(F)(F)F)ccc2N2CCN(c3ccccc3C#N)C[C@@H]12. The van der Waals surface area contributed by atoms with Crippen molar-refractivity contribution in [3.63, 3.8) is 0 Å². The molecule has 0 unspecified atom stereocenters. The molecule has 1 fully saturated rings. The lowest BCUT2D eigenvalue weighted by atomic mass is 9.82. The van der Waals surface area contributed by atoms with Crippen LogP contribution in [0.4, 0.5) is 24.5 Å². The number of benzene rings is 2. The number of carbonyl (C=O) groups is 1. The van der Waals surface area contributed by atoms with Gasteiger partial charge in [-0.3, -0.25) is 4.79 Å². The number of halogens is 3. The lowest BCUT2D eigenvalue weighted by Crippen LogP contribution is -2.61. The maximum atomic E-state index is 13.3. The summed E-state index contributed by atoms with van der Waals surface area (Å²) in [7, 11) is 0. The Labute approximate surface area is 191 Å². The maximum Gasteiger partial charge on any atom is 0.416 e. The molecule has 33 heavy (non-hydrogen) atoms. The zero-order valence-electron chi connectivity index (χ0n) is 18.7. The Morgan fingerprint density at radius 2 is 1.94 bits per heavy atom. The molecule has 2 aliphatic rings. The predicted molar refractivity (Wildman–Crippen MR) is 121 cm³/mol. The highest BCUT2D eigenvalue weighted by Gasteiger charge is 2.43. The number of hydrogen-bond donors (Lipinski definition) is 1. The van der Waals surface area contributed by atoms with Crippen LogP contribution in [0.2, 0.25) is 0 Å². The summed E-state index contributed by atoms with van der Waals surface area (Å²) in [4.78, 5) is 17.4. The van der Waals surface area contributed by atoms with Gasteiger partial charge in [-0.15, -0.1) is 0 Å². The third-order valence-electron chi connectivity index (χ3n) is 6.43. The number of carbonyl (C=O) groups excluding carboxylic acids is 1. The van der Waals surface area contributed by atoms with Gasteiger partial charge < -0.3 is 15.1 Å². The molecular weight excluding hydrogens is 429 g/mol. The molecule has 0 radical (unpaired) electrons. The van der Waals surface area contributed by atoms with Crippen LogP contribution in [0.25, 0.3) is 0 Å². The first kappa shape index (κ1) is 23.0. The van der Waals surface area contributed by atoms with Gasteiger partial charge in [0.15, 0.2) is 0 Å². The summed E-state index contributed by atoms with van der Waals surface area (Å²) in [5.41, 5.74) is 2.00. The van der Waals surface area contributed by atoms with E-state index in [1.54, 1.807) is 6.07 Å². The Balaban J connectivity index is 1.69. The smallest absolute Gasteiger partial charge is 0.367 e. The monoisotopic (exact) mass is 456 g/mol. The summed E-state index contributed by atoms with van der Waals surface area (Å²) < 4.78 is 40.0. The van der Waals surface area contributed by atoms with Crippen molar-refractivity contribution in [1.29, 1.82) is 5.26 Å². The van der Waals surface area contributed by atoms with E-state index in [2.05, 4.69) is 21.2 Å².